The van der Waals surface area contributed by atoms with Crippen molar-refractivity contribution in [2.75, 3.05) is 26.0 Å². The minimum Gasteiger partial charge on any atom is -0.468 e. The fourth-order valence-electron chi connectivity index (χ4n) is 4.70. The Morgan fingerprint density at radius 2 is 1.65 bits per heavy atom. The maximum Gasteiger partial charge on any atom is 0.407 e. The highest BCUT2D eigenvalue weighted by molar-refractivity contribution is 7.98. The number of thioether (sulfide) groups is 1. The van der Waals surface area contributed by atoms with Crippen LogP contribution in [0, 0.1) is 0 Å². The average Bonchev–Trinajstić information content (AvgIpc) is 3.30. The van der Waals surface area contributed by atoms with Crippen LogP contribution in [0.1, 0.15) is 42.4 Å². The van der Waals surface area contributed by atoms with Crippen molar-refractivity contribution in [2.24, 2.45) is 0 Å². The third kappa shape index (κ3) is 7.24. The number of amides is 1. The Bertz CT molecular complexity index is 1400. The molecule has 0 bridgehead atoms. The van der Waals surface area contributed by atoms with E-state index in [1.165, 1.54) is 35.4 Å². The number of hydrogen-bond donors (Lipinski definition) is 2. The fraction of sp³-hybridized carbons (Fsp3) is 0.333. The largest absolute Gasteiger partial charge is 0.468 e. The van der Waals surface area contributed by atoms with Gasteiger partial charge in [-0.25, -0.2) is 13.2 Å². The lowest BCUT2D eigenvalue weighted by Crippen LogP contribution is -2.40. The first-order valence-electron chi connectivity index (χ1n) is 13.2. The Morgan fingerprint density at radius 3 is 2.30 bits per heavy atom. The zero-order valence-corrected chi connectivity index (χ0v) is 24.2. The highest BCUT2D eigenvalue weighted by Gasteiger charge is 2.29. The van der Waals surface area contributed by atoms with Gasteiger partial charge in [-0.15, -0.1) is 0 Å². The van der Waals surface area contributed by atoms with Crippen molar-refractivity contribution in [2.45, 2.75) is 42.4 Å². The van der Waals surface area contributed by atoms with Crippen LogP contribution in [0.2, 0.25) is 0 Å². The highest BCUT2D eigenvalue weighted by atomic mass is 32.2. The van der Waals surface area contributed by atoms with Gasteiger partial charge >= 0.3 is 12.1 Å². The molecule has 1 aliphatic rings. The zero-order valence-electron chi connectivity index (χ0n) is 22.6. The van der Waals surface area contributed by atoms with E-state index in [1.807, 2.05) is 30.3 Å². The number of fused-ring (bicyclic) bond motifs is 3. The van der Waals surface area contributed by atoms with Crippen molar-refractivity contribution >= 4 is 33.8 Å². The second-order valence-electron chi connectivity index (χ2n) is 9.41. The molecule has 3 aromatic rings. The van der Waals surface area contributed by atoms with Gasteiger partial charge in [0.2, 0.25) is 10.0 Å². The van der Waals surface area contributed by atoms with Crippen LogP contribution < -0.4 is 10.0 Å². The lowest BCUT2D eigenvalue weighted by molar-refractivity contribution is -0.142. The first kappa shape index (κ1) is 29.6. The Kier molecular flexibility index (Phi) is 10.2. The maximum atomic E-state index is 12.7. The first-order chi connectivity index (χ1) is 19.3. The molecule has 1 atom stereocenters. The minimum absolute atomic E-state index is 0.0248. The van der Waals surface area contributed by atoms with Gasteiger partial charge in [0.25, 0.3) is 0 Å². The quantitative estimate of drug-likeness (QED) is 0.214. The summed E-state index contributed by atoms with van der Waals surface area (Å²) in [7, 11) is -2.64. The molecule has 0 saturated heterocycles. The Labute approximate surface area is 239 Å². The topological polar surface area (TPSA) is 111 Å². The van der Waals surface area contributed by atoms with Gasteiger partial charge in [-0.2, -0.15) is 16.5 Å². The summed E-state index contributed by atoms with van der Waals surface area (Å²) < 4.78 is 38.1. The molecule has 3 aromatic carbocycles. The average molecular weight is 583 g/mol. The number of nitrogens with one attached hydrogen (secondary N) is 2. The monoisotopic (exact) mass is 582 g/mol. The molecule has 0 aliphatic heterocycles. The highest BCUT2D eigenvalue weighted by Crippen LogP contribution is 2.44. The van der Waals surface area contributed by atoms with Gasteiger partial charge < -0.3 is 14.8 Å². The van der Waals surface area contributed by atoms with Crippen LogP contribution in [0.5, 0.6) is 0 Å². The van der Waals surface area contributed by atoms with E-state index in [0.717, 1.165) is 17.7 Å². The molecule has 0 spiro atoms. The molecule has 0 unspecified atom stereocenters. The second-order valence-corrected chi connectivity index (χ2v) is 12.2. The lowest BCUT2D eigenvalue weighted by atomic mass is 9.98. The molecule has 0 fully saturated rings. The minimum atomic E-state index is -3.86. The van der Waals surface area contributed by atoms with Crippen molar-refractivity contribution in [3.8, 4) is 11.1 Å². The van der Waals surface area contributed by atoms with Gasteiger partial charge in [0.15, 0.2) is 0 Å². The van der Waals surface area contributed by atoms with Gasteiger partial charge in [-0.3, -0.25) is 4.79 Å². The van der Waals surface area contributed by atoms with Crippen molar-refractivity contribution in [3.05, 3.63) is 89.5 Å². The summed E-state index contributed by atoms with van der Waals surface area (Å²) in [5, 5.41) is 2.82. The molecule has 0 aromatic heterocycles. The van der Waals surface area contributed by atoms with E-state index in [4.69, 9.17) is 4.74 Å². The van der Waals surface area contributed by atoms with Crippen molar-refractivity contribution in [3.63, 3.8) is 0 Å². The molecular weight excluding hydrogens is 548 g/mol. The first-order valence-corrected chi connectivity index (χ1v) is 15.8. The van der Waals surface area contributed by atoms with Crippen molar-refractivity contribution in [1.82, 2.24) is 10.0 Å². The van der Waals surface area contributed by atoms with E-state index in [0.29, 0.717) is 12.3 Å². The number of alkyl carbamates (subject to hydrolysis) is 1. The number of esters is 1. The summed E-state index contributed by atoms with van der Waals surface area (Å²) in [4.78, 5) is 24.2. The number of hydrogen-bond acceptors (Lipinski definition) is 7. The zero-order chi connectivity index (χ0) is 28.5. The SMILES string of the molecule is CC[C@H](NS(=O)(=O)c1cccc(CSCCCNC(=O)OCC2c3ccccc3-c3ccccc32)c1)C(=O)OC. The summed E-state index contributed by atoms with van der Waals surface area (Å²) in [6.07, 6.45) is 0.589. The van der Waals surface area contributed by atoms with Crippen LogP contribution in [0.15, 0.2) is 77.7 Å². The van der Waals surface area contributed by atoms with Gasteiger partial charge in [0.1, 0.15) is 12.6 Å². The van der Waals surface area contributed by atoms with E-state index in [9.17, 15) is 18.0 Å². The summed E-state index contributed by atoms with van der Waals surface area (Å²) in [6.45, 7) is 2.47. The van der Waals surface area contributed by atoms with E-state index in [1.54, 1.807) is 30.8 Å². The van der Waals surface area contributed by atoms with Crippen LogP contribution in [-0.2, 0) is 30.0 Å². The molecular formula is C30H34N2O6S2. The molecule has 8 nitrogen and oxygen atoms in total. The molecule has 1 aliphatic carbocycles. The number of rotatable bonds is 13. The predicted octanol–water partition coefficient (Wildman–Crippen LogP) is 5.08. The van der Waals surface area contributed by atoms with Crippen LogP contribution in [-0.4, -0.2) is 52.5 Å². The lowest BCUT2D eigenvalue weighted by Gasteiger charge is -2.15. The number of ether oxygens (including phenoxy) is 2. The molecule has 0 saturated carbocycles. The molecule has 0 heterocycles. The second kappa shape index (κ2) is 13.8. The van der Waals surface area contributed by atoms with Gasteiger partial charge in [0.05, 0.1) is 12.0 Å². The van der Waals surface area contributed by atoms with Crippen LogP contribution in [0.3, 0.4) is 0 Å². The van der Waals surface area contributed by atoms with Gasteiger partial charge in [-0.05, 0) is 58.5 Å². The number of methoxy groups -OCH3 is 1. The third-order valence-electron chi connectivity index (χ3n) is 6.75. The van der Waals surface area contributed by atoms with E-state index in [2.05, 4.69) is 39.0 Å². The smallest absolute Gasteiger partial charge is 0.407 e. The van der Waals surface area contributed by atoms with Gasteiger partial charge in [-0.1, -0.05) is 67.6 Å². The normalized spacial score (nSPS) is 13.2. The molecule has 1 amide bonds. The number of sulfonamides is 1. The Hall–Kier alpha value is -3.34. The van der Waals surface area contributed by atoms with Crippen molar-refractivity contribution < 1.29 is 27.5 Å². The summed E-state index contributed by atoms with van der Waals surface area (Å²) in [6, 6.07) is 22.2. The molecule has 2 N–H and O–H groups in total. The summed E-state index contributed by atoms with van der Waals surface area (Å²) in [5.41, 5.74) is 5.58. The van der Waals surface area contributed by atoms with Gasteiger partial charge in [0, 0.05) is 18.2 Å². The molecule has 4 rings (SSSR count). The van der Waals surface area contributed by atoms with E-state index in [-0.39, 0.29) is 23.8 Å². The number of carbonyl (C=O) groups is 2. The molecule has 10 heteroatoms. The van der Waals surface area contributed by atoms with Crippen LogP contribution >= 0.6 is 11.8 Å². The predicted molar refractivity (Wildman–Crippen MR) is 157 cm³/mol. The number of carbonyl (C=O) groups excluding carboxylic acids is 2. The Morgan fingerprint density at radius 1 is 0.975 bits per heavy atom. The van der Waals surface area contributed by atoms with Crippen LogP contribution in [0.25, 0.3) is 11.1 Å². The molecule has 212 valence electrons. The standard InChI is InChI=1S/C30H34N2O6S2/c1-3-28(29(33)37-2)32-40(35,36)22-11-8-10-21(18-22)20-39-17-9-16-31-30(34)38-19-27-25-14-6-4-12-23(25)24-13-5-7-15-26(24)27/h4-8,10-15,18,27-28,32H,3,9,16-17,19-20H2,1-2H3,(H,31,34)/t28-/m0/s1. The van der Waals surface area contributed by atoms with E-state index >= 15 is 0 Å². The molecule has 0 radical (unpaired) electrons. The van der Waals surface area contributed by atoms with Crippen molar-refractivity contribution in [1.29, 1.82) is 0 Å². The third-order valence-corrected chi connectivity index (χ3v) is 9.33. The fourth-order valence-corrected chi connectivity index (χ4v) is 6.95. The summed E-state index contributed by atoms with van der Waals surface area (Å²) in [5.74, 6) is 0.794. The Balaban J connectivity index is 1.18. The van der Waals surface area contributed by atoms with E-state index < -0.39 is 28.1 Å². The molecule has 40 heavy (non-hydrogen) atoms. The maximum absolute atomic E-state index is 12.7. The van der Waals surface area contributed by atoms with Crippen LogP contribution in [0.4, 0.5) is 4.79 Å². The summed E-state index contributed by atoms with van der Waals surface area (Å²) >= 11 is 1.64. The number of benzene rings is 3.